The molecule has 1 heterocycles. The van der Waals surface area contributed by atoms with Gasteiger partial charge in [-0.2, -0.15) is 0 Å². The number of nitrogens with zero attached hydrogens (tertiary/aromatic N) is 1. The number of anilines is 1. The number of hydrogen-bond acceptors (Lipinski definition) is 4. The molecular weight excluding hydrogens is 428 g/mol. The van der Waals surface area contributed by atoms with Crippen LogP contribution in [0.3, 0.4) is 0 Å². The predicted octanol–water partition coefficient (Wildman–Crippen LogP) is 4.77. The smallest absolute Gasteiger partial charge is 0.229 e. The average molecular weight is 457 g/mol. The summed E-state index contributed by atoms with van der Waals surface area (Å²) < 4.78 is 11.4. The predicted molar refractivity (Wildman–Crippen MR) is 133 cm³/mol. The lowest BCUT2D eigenvalue weighted by Crippen LogP contribution is -2.36. The molecule has 0 saturated heterocycles. The third-order valence-corrected chi connectivity index (χ3v) is 5.49. The molecule has 0 radical (unpaired) electrons. The van der Waals surface area contributed by atoms with Gasteiger partial charge in [0.25, 0.3) is 0 Å². The Morgan fingerprint density at radius 3 is 2.32 bits per heavy atom. The Labute approximate surface area is 199 Å². The van der Waals surface area contributed by atoms with Crippen LogP contribution in [0.5, 0.6) is 11.5 Å². The SMILES string of the molecule is CC(=O)NC(CC(=O)N(C/C=C/c1ccccc1)c1ccc2c(c1)OCCO2)c1ccccc1. The largest absolute Gasteiger partial charge is 0.486 e. The highest BCUT2D eigenvalue weighted by Gasteiger charge is 2.23. The lowest BCUT2D eigenvalue weighted by atomic mass is 10.0. The molecule has 174 valence electrons. The summed E-state index contributed by atoms with van der Waals surface area (Å²) in [5, 5.41) is 2.92. The van der Waals surface area contributed by atoms with Gasteiger partial charge in [0.15, 0.2) is 11.5 Å². The van der Waals surface area contributed by atoms with E-state index in [0.717, 1.165) is 11.1 Å². The summed E-state index contributed by atoms with van der Waals surface area (Å²) in [4.78, 5) is 27.2. The minimum Gasteiger partial charge on any atom is -0.486 e. The maximum atomic E-state index is 13.6. The van der Waals surface area contributed by atoms with Crippen LogP contribution in [-0.4, -0.2) is 31.6 Å². The molecule has 6 heteroatoms. The van der Waals surface area contributed by atoms with Crippen molar-refractivity contribution in [2.75, 3.05) is 24.7 Å². The number of amides is 2. The summed E-state index contributed by atoms with van der Waals surface area (Å²) in [6, 6.07) is 24.6. The van der Waals surface area contributed by atoms with Crippen LogP contribution in [0, 0.1) is 0 Å². The van der Waals surface area contributed by atoms with Crippen molar-refractivity contribution >= 4 is 23.6 Å². The van der Waals surface area contributed by atoms with Gasteiger partial charge < -0.3 is 19.7 Å². The number of carbonyl (C=O) groups excluding carboxylic acids is 2. The molecule has 0 aromatic heterocycles. The molecule has 2 amide bonds. The van der Waals surface area contributed by atoms with E-state index in [0.29, 0.717) is 36.9 Å². The van der Waals surface area contributed by atoms with E-state index in [1.807, 2.05) is 91.0 Å². The van der Waals surface area contributed by atoms with E-state index in [9.17, 15) is 9.59 Å². The van der Waals surface area contributed by atoms with Crippen molar-refractivity contribution in [2.45, 2.75) is 19.4 Å². The highest BCUT2D eigenvalue weighted by Crippen LogP contribution is 2.34. The van der Waals surface area contributed by atoms with Gasteiger partial charge in [0.2, 0.25) is 11.8 Å². The third kappa shape index (κ3) is 6.04. The molecule has 0 spiro atoms. The van der Waals surface area contributed by atoms with Crippen LogP contribution in [0.25, 0.3) is 6.08 Å². The standard InChI is InChI=1S/C28H28N2O4/c1-21(31)29-25(23-12-6-3-7-13-23)20-28(32)30(16-8-11-22-9-4-2-5-10-22)24-14-15-26-27(19-24)34-18-17-33-26/h2-15,19,25H,16-18,20H2,1H3,(H,29,31)/b11-8+. The summed E-state index contributed by atoms with van der Waals surface area (Å²) in [5.41, 5.74) is 2.65. The fraction of sp³-hybridized carbons (Fsp3) is 0.214. The molecule has 0 fully saturated rings. The van der Waals surface area contributed by atoms with Gasteiger partial charge in [-0.15, -0.1) is 0 Å². The molecular formula is C28H28N2O4. The maximum Gasteiger partial charge on any atom is 0.229 e. The topological polar surface area (TPSA) is 67.9 Å². The first kappa shape index (κ1) is 23.1. The van der Waals surface area contributed by atoms with Crippen molar-refractivity contribution < 1.29 is 19.1 Å². The molecule has 1 aliphatic heterocycles. The van der Waals surface area contributed by atoms with Gasteiger partial charge in [-0.05, 0) is 23.3 Å². The van der Waals surface area contributed by atoms with Crippen LogP contribution in [-0.2, 0) is 9.59 Å². The zero-order valence-corrected chi connectivity index (χ0v) is 19.1. The quantitative estimate of drug-likeness (QED) is 0.530. The molecule has 1 unspecified atom stereocenters. The minimum absolute atomic E-state index is 0.114. The Morgan fingerprint density at radius 1 is 0.941 bits per heavy atom. The lowest BCUT2D eigenvalue weighted by molar-refractivity contribution is -0.121. The van der Waals surface area contributed by atoms with E-state index in [2.05, 4.69) is 5.32 Å². The first-order valence-corrected chi connectivity index (χ1v) is 11.3. The van der Waals surface area contributed by atoms with Gasteiger partial charge >= 0.3 is 0 Å². The van der Waals surface area contributed by atoms with Crippen molar-refractivity contribution in [3.05, 3.63) is 96.1 Å². The van der Waals surface area contributed by atoms with Gasteiger partial charge in [-0.3, -0.25) is 9.59 Å². The van der Waals surface area contributed by atoms with Crippen molar-refractivity contribution in [1.29, 1.82) is 0 Å². The van der Waals surface area contributed by atoms with Gasteiger partial charge in [0.1, 0.15) is 13.2 Å². The van der Waals surface area contributed by atoms with Crippen molar-refractivity contribution in [2.24, 2.45) is 0 Å². The number of ether oxygens (including phenoxy) is 2. The molecule has 0 bridgehead atoms. The summed E-state index contributed by atoms with van der Waals surface area (Å²) >= 11 is 0. The number of rotatable bonds is 8. The van der Waals surface area contributed by atoms with Gasteiger partial charge in [-0.25, -0.2) is 0 Å². The van der Waals surface area contributed by atoms with Crippen LogP contribution < -0.4 is 19.7 Å². The van der Waals surface area contributed by atoms with Crippen LogP contribution in [0.4, 0.5) is 5.69 Å². The van der Waals surface area contributed by atoms with Crippen LogP contribution in [0.2, 0.25) is 0 Å². The molecule has 4 rings (SSSR count). The second-order valence-electron chi connectivity index (χ2n) is 8.01. The van der Waals surface area contributed by atoms with E-state index >= 15 is 0 Å². The third-order valence-electron chi connectivity index (χ3n) is 5.49. The van der Waals surface area contributed by atoms with Gasteiger partial charge in [0, 0.05) is 25.2 Å². The molecule has 34 heavy (non-hydrogen) atoms. The number of benzene rings is 3. The summed E-state index contributed by atoms with van der Waals surface area (Å²) in [6.07, 6.45) is 4.07. The number of nitrogens with one attached hydrogen (secondary N) is 1. The van der Waals surface area contributed by atoms with E-state index in [-0.39, 0.29) is 18.2 Å². The first-order valence-electron chi connectivity index (χ1n) is 11.3. The Bertz CT molecular complexity index is 1150. The number of fused-ring (bicyclic) bond motifs is 1. The van der Waals surface area contributed by atoms with Crippen molar-refractivity contribution in [3.8, 4) is 11.5 Å². The van der Waals surface area contributed by atoms with Crippen LogP contribution in [0.15, 0.2) is 84.9 Å². The second-order valence-corrected chi connectivity index (χ2v) is 8.01. The molecule has 0 saturated carbocycles. The summed E-state index contributed by atoms with van der Waals surface area (Å²) in [6.45, 7) is 2.80. The van der Waals surface area contributed by atoms with Crippen molar-refractivity contribution in [1.82, 2.24) is 5.32 Å². The zero-order valence-electron chi connectivity index (χ0n) is 19.1. The first-order chi connectivity index (χ1) is 16.6. The van der Waals surface area contributed by atoms with Gasteiger partial charge in [-0.1, -0.05) is 72.8 Å². The van der Waals surface area contributed by atoms with E-state index < -0.39 is 6.04 Å². The summed E-state index contributed by atoms with van der Waals surface area (Å²) in [7, 11) is 0. The summed E-state index contributed by atoms with van der Waals surface area (Å²) in [5.74, 6) is 0.992. The minimum atomic E-state index is -0.427. The van der Waals surface area contributed by atoms with E-state index in [1.54, 1.807) is 4.90 Å². The van der Waals surface area contributed by atoms with Crippen LogP contribution in [0.1, 0.15) is 30.5 Å². The lowest BCUT2D eigenvalue weighted by Gasteiger charge is -2.27. The normalized spacial score (nSPS) is 13.3. The van der Waals surface area contributed by atoms with Crippen molar-refractivity contribution in [3.63, 3.8) is 0 Å². The number of carbonyl (C=O) groups is 2. The molecule has 0 aliphatic carbocycles. The van der Waals surface area contributed by atoms with E-state index in [1.165, 1.54) is 6.92 Å². The van der Waals surface area contributed by atoms with Gasteiger partial charge in [0.05, 0.1) is 12.5 Å². The molecule has 1 aliphatic rings. The van der Waals surface area contributed by atoms with E-state index in [4.69, 9.17) is 9.47 Å². The maximum absolute atomic E-state index is 13.6. The molecule has 3 aromatic rings. The average Bonchev–Trinajstić information content (AvgIpc) is 2.87. The molecule has 6 nitrogen and oxygen atoms in total. The zero-order chi connectivity index (χ0) is 23.8. The number of hydrogen-bond donors (Lipinski definition) is 1. The molecule has 1 N–H and O–H groups in total. The Balaban J connectivity index is 1.60. The highest BCUT2D eigenvalue weighted by molar-refractivity contribution is 5.95. The second kappa shape index (κ2) is 11.2. The monoisotopic (exact) mass is 456 g/mol. The Morgan fingerprint density at radius 2 is 1.62 bits per heavy atom. The van der Waals surface area contributed by atoms with Crippen LogP contribution >= 0.6 is 0 Å². The highest BCUT2D eigenvalue weighted by atomic mass is 16.6. The molecule has 3 aromatic carbocycles. The Kier molecular flexibility index (Phi) is 7.60. The Hall–Kier alpha value is -4.06. The fourth-order valence-electron chi connectivity index (χ4n) is 3.88. The molecule has 1 atom stereocenters. The fourth-order valence-corrected chi connectivity index (χ4v) is 3.88.